The van der Waals surface area contributed by atoms with Crippen LogP contribution in [0, 0.1) is 13.8 Å². The van der Waals surface area contributed by atoms with Crippen molar-refractivity contribution in [3.63, 3.8) is 0 Å². The Morgan fingerprint density at radius 2 is 2.07 bits per heavy atom. The van der Waals surface area contributed by atoms with Gasteiger partial charge < -0.3 is 4.74 Å². The molecule has 0 aliphatic rings. The van der Waals surface area contributed by atoms with Crippen molar-refractivity contribution in [2.24, 2.45) is 0 Å². The molecular weight excluding hydrogens is 212 g/mol. The zero-order valence-electron chi connectivity index (χ0n) is 9.33. The van der Waals surface area contributed by atoms with E-state index in [0.717, 1.165) is 0 Å². The lowest BCUT2D eigenvalue weighted by Gasteiger charge is -2.09. The fourth-order valence-corrected chi connectivity index (χ4v) is 1.93. The molecule has 0 aliphatic heterocycles. The van der Waals surface area contributed by atoms with Gasteiger partial charge in [-0.15, -0.1) is 11.8 Å². The Kier molecular flexibility index (Phi) is 4.08. The van der Waals surface area contributed by atoms with Crippen LogP contribution in [0.25, 0.3) is 0 Å². The number of aromatic nitrogens is 2. The van der Waals surface area contributed by atoms with Crippen molar-refractivity contribution >= 4 is 17.7 Å². The molecule has 0 saturated heterocycles. The molecule has 0 fully saturated rings. The van der Waals surface area contributed by atoms with Crippen LogP contribution in [0.4, 0.5) is 0 Å². The van der Waals surface area contributed by atoms with Crippen LogP contribution >= 0.6 is 11.8 Å². The van der Waals surface area contributed by atoms with E-state index < -0.39 is 0 Å². The zero-order chi connectivity index (χ0) is 11.4. The van der Waals surface area contributed by atoms with Crippen molar-refractivity contribution in [1.82, 2.24) is 9.97 Å². The maximum Gasteiger partial charge on any atom is 0.342 e. The number of rotatable bonds is 3. The maximum atomic E-state index is 11.6. The molecule has 1 aromatic rings. The first-order chi connectivity index (χ1) is 7.10. The van der Waals surface area contributed by atoms with Gasteiger partial charge >= 0.3 is 5.97 Å². The van der Waals surface area contributed by atoms with E-state index in [1.54, 1.807) is 13.8 Å². The van der Waals surface area contributed by atoms with Crippen LogP contribution < -0.4 is 0 Å². The fourth-order valence-electron chi connectivity index (χ4n) is 1.27. The van der Waals surface area contributed by atoms with Crippen LogP contribution in [0.15, 0.2) is 5.03 Å². The highest BCUT2D eigenvalue weighted by Gasteiger charge is 2.18. The highest BCUT2D eigenvalue weighted by Crippen LogP contribution is 2.21. The Hall–Kier alpha value is -1.10. The van der Waals surface area contributed by atoms with Gasteiger partial charge in [-0.05, 0) is 27.0 Å². The van der Waals surface area contributed by atoms with E-state index in [1.807, 2.05) is 13.2 Å². The molecule has 1 rings (SSSR count). The Morgan fingerprint density at radius 3 is 2.60 bits per heavy atom. The zero-order valence-corrected chi connectivity index (χ0v) is 10.1. The van der Waals surface area contributed by atoms with Gasteiger partial charge in [0.1, 0.15) is 16.4 Å². The SMILES string of the molecule is CCOC(=O)c1c(C)nc(C)nc1SC. The van der Waals surface area contributed by atoms with Crippen LogP contribution in [0.2, 0.25) is 0 Å². The van der Waals surface area contributed by atoms with Crippen molar-refractivity contribution in [3.8, 4) is 0 Å². The lowest BCUT2D eigenvalue weighted by molar-refractivity contribution is 0.0519. The molecule has 0 aromatic carbocycles. The minimum atomic E-state index is -0.348. The molecular formula is C10H14N2O2S. The van der Waals surface area contributed by atoms with E-state index in [2.05, 4.69) is 9.97 Å². The molecule has 0 unspecified atom stereocenters. The van der Waals surface area contributed by atoms with Gasteiger partial charge in [0.05, 0.1) is 12.3 Å². The molecule has 0 aliphatic carbocycles. The number of carbonyl (C=O) groups excluding carboxylic acids is 1. The molecule has 0 spiro atoms. The van der Waals surface area contributed by atoms with Crippen molar-refractivity contribution in [2.45, 2.75) is 25.8 Å². The van der Waals surface area contributed by atoms with Gasteiger partial charge in [0, 0.05) is 0 Å². The molecule has 0 bridgehead atoms. The van der Waals surface area contributed by atoms with Crippen molar-refractivity contribution in [2.75, 3.05) is 12.9 Å². The Balaban J connectivity index is 3.20. The predicted octanol–water partition coefficient (Wildman–Crippen LogP) is 1.99. The summed E-state index contributed by atoms with van der Waals surface area (Å²) in [7, 11) is 0. The lowest BCUT2D eigenvalue weighted by Crippen LogP contribution is -2.11. The molecule has 4 nitrogen and oxygen atoms in total. The molecule has 0 radical (unpaired) electrons. The Bertz CT molecular complexity index is 380. The largest absolute Gasteiger partial charge is 0.462 e. The van der Waals surface area contributed by atoms with Gasteiger partial charge in [0.15, 0.2) is 0 Å². The van der Waals surface area contributed by atoms with E-state index in [4.69, 9.17) is 4.74 Å². The lowest BCUT2D eigenvalue weighted by atomic mass is 10.2. The third kappa shape index (κ3) is 2.68. The first kappa shape index (κ1) is 12.0. The monoisotopic (exact) mass is 226 g/mol. The van der Waals surface area contributed by atoms with Crippen molar-refractivity contribution in [3.05, 3.63) is 17.1 Å². The molecule has 0 amide bonds. The van der Waals surface area contributed by atoms with Gasteiger partial charge in [-0.2, -0.15) is 0 Å². The normalized spacial score (nSPS) is 10.1. The average Bonchev–Trinajstić information content (AvgIpc) is 2.16. The van der Waals surface area contributed by atoms with Gasteiger partial charge in [-0.25, -0.2) is 14.8 Å². The molecule has 1 heterocycles. The van der Waals surface area contributed by atoms with E-state index in [1.165, 1.54) is 11.8 Å². The minimum absolute atomic E-state index is 0.348. The summed E-state index contributed by atoms with van der Waals surface area (Å²) in [4.78, 5) is 20.0. The summed E-state index contributed by atoms with van der Waals surface area (Å²) in [6, 6.07) is 0. The quantitative estimate of drug-likeness (QED) is 0.448. The van der Waals surface area contributed by atoms with Crippen molar-refractivity contribution in [1.29, 1.82) is 0 Å². The smallest absolute Gasteiger partial charge is 0.342 e. The van der Waals surface area contributed by atoms with Crippen LogP contribution in [-0.2, 0) is 4.74 Å². The van der Waals surface area contributed by atoms with E-state index >= 15 is 0 Å². The summed E-state index contributed by atoms with van der Waals surface area (Å²) < 4.78 is 4.96. The van der Waals surface area contributed by atoms with E-state index in [9.17, 15) is 4.79 Å². The maximum absolute atomic E-state index is 11.6. The number of esters is 1. The average molecular weight is 226 g/mol. The summed E-state index contributed by atoms with van der Waals surface area (Å²) in [5.41, 5.74) is 1.15. The second kappa shape index (κ2) is 5.11. The second-order valence-electron chi connectivity index (χ2n) is 2.96. The number of nitrogens with zero attached hydrogens (tertiary/aromatic N) is 2. The summed E-state index contributed by atoms with van der Waals surface area (Å²) in [5, 5.41) is 0.679. The fraction of sp³-hybridized carbons (Fsp3) is 0.500. The Labute approximate surface area is 93.5 Å². The third-order valence-electron chi connectivity index (χ3n) is 1.84. The van der Waals surface area contributed by atoms with Gasteiger partial charge in [0.25, 0.3) is 0 Å². The van der Waals surface area contributed by atoms with Crippen LogP contribution in [0.3, 0.4) is 0 Å². The second-order valence-corrected chi connectivity index (χ2v) is 3.76. The van der Waals surface area contributed by atoms with Crippen LogP contribution in [0.1, 0.15) is 28.8 Å². The molecule has 0 saturated carbocycles. The highest BCUT2D eigenvalue weighted by atomic mass is 32.2. The highest BCUT2D eigenvalue weighted by molar-refractivity contribution is 7.98. The molecule has 82 valence electrons. The summed E-state index contributed by atoms with van der Waals surface area (Å²) in [6.45, 7) is 5.74. The molecule has 15 heavy (non-hydrogen) atoms. The van der Waals surface area contributed by atoms with Crippen LogP contribution in [0.5, 0.6) is 0 Å². The van der Waals surface area contributed by atoms with Gasteiger partial charge in [-0.1, -0.05) is 0 Å². The molecule has 1 aromatic heterocycles. The topological polar surface area (TPSA) is 52.1 Å². The number of hydrogen-bond donors (Lipinski definition) is 0. The molecule has 5 heteroatoms. The van der Waals surface area contributed by atoms with Crippen LogP contribution in [-0.4, -0.2) is 28.8 Å². The number of aryl methyl sites for hydroxylation is 2. The number of hydrogen-bond acceptors (Lipinski definition) is 5. The van der Waals surface area contributed by atoms with E-state index in [0.29, 0.717) is 28.7 Å². The van der Waals surface area contributed by atoms with Gasteiger partial charge in [0.2, 0.25) is 0 Å². The third-order valence-corrected chi connectivity index (χ3v) is 2.52. The number of thioether (sulfide) groups is 1. The minimum Gasteiger partial charge on any atom is -0.462 e. The summed E-state index contributed by atoms with van der Waals surface area (Å²) in [5.74, 6) is 0.323. The predicted molar refractivity (Wildman–Crippen MR) is 59.2 cm³/mol. The first-order valence-corrected chi connectivity index (χ1v) is 5.89. The number of carbonyl (C=O) groups is 1. The van der Waals surface area contributed by atoms with Crippen molar-refractivity contribution < 1.29 is 9.53 Å². The summed E-state index contributed by atoms with van der Waals surface area (Å²) in [6.07, 6.45) is 1.88. The molecule has 0 atom stereocenters. The molecule has 0 N–H and O–H groups in total. The summed E-state index contributed by atoms with van der Waals surface area (Å²) >= 11 is 1.43. The standard InChI is InChI=1S/C10H14N2O2S/c1-5-14-10(13)8-6(2)11-7(3)12-9(8)15-4/h5H2,1-4H3. The Morgan fingerprint density at radius 1 is 1.40 bits per heavy atom. The first-order valence-electron chi connectivity index (χ1n) is 4.66. The number of ether oxygens (including phenoxy) is 1. The van der Waals surface area contributed by atoms with Gasteiger partial charge in [-0.3, -0.25) is 0 Å². The van der Waals surface area contributed by atoms with E-state index in [-0.39, 0.29) is 5.97 Å².